The van der Waals surface area contributed by atoms with E-state index in [1.54, 1.807) is 0 Å². The summed E-state index contributed by atoms with van der Waals surface area (Å²) in [6.45, 7) is 2.21. The maximum atomic E-state index is 11.6. The van der Waals surface area contributed by atoms with E-state index in [1.807, 2.05) is 36.5 Å². The van der Waals surface area contributed by atoms with Crippen LogP contribution in [0.2, 0.25) is 5.02 Å². The van der Waals surface area contributed by atoms with Gasteiger partial charge in [-0.15, -0.1) is 0 Å². The molecule has 0 unspecified atom stereocenters. The number of nitrogens with one attached hydrogen (secondary N) is 2. The lowest BCUT2D eigenvalue weighted by molar-refractivity contribution is -0.682. The average Bonchev–Trinajstić information content (AvgIpc) is 3.20. The number of hydrogen-bond acceptors (Lipinski definition) is 2. The number of carbonyl (C=O) groups excluding carboxylic acids is 2. The van der Waals surface area contributed by atoms with Crippen molar-refractivity contribution in [3.63, 3.8) is 0 Å². The van der Waals surface area contributed by atoms with E-state index in [-0.39, 0.29) is 24.5 Å². The molecule has 0 radical (unpaired) electrons. The van der Waals surface area contributed by atoms with Gasteiger partial charge in [-0.05, 0) is 31.9 Å². The van der Waals surface area contributed by atoms with Gasteiger partial charge in [0.1, 0.15) is 6.04 Å². The van der Waals surface area contributed by atoms with Gasteiger partial charge in [0.05, 0.1) is 0 Å². The molecule has 1 saturated carbocycles. The molecular formula is C14H19ClN3O2+. The Morgan fingerprint density at radius 1 is 1.35 bits per heavy atom. The first-order valence-electron chi connectivity index (χ1n) is 6.73. The molecule has 108 valence electrons. The summed E-state index contributed by atoms with van der Waals surface area (Å²) in [6, 6.07) is 7.49. The van der Waals surface area contributed by atoms with Crippen LogP contribution >= 0.6 is 11.6 Å². The molecule has 5 nitrogen and oxygen atoms in total. The summed E-state index contributed by atoms with van der Waals surface area (Å²) in [5.74, 6) is -0.288. The second kappa shape index (κ2) is 6.72. The molecule has 1 aromatic carbocycles. The van der Waals surface area contributed by atoms with Gasteiger partial charge >= 0.3 is 6.03 Å². The Labute approximate surface area is 123 Å². The highest BCUT2D eigenvalue weighted by molar-refractivity contribution is 6.30. The van der Waals surface area contributed by atoms with Crippen molar-refractivity contribution in [1.29, 1.82) is 0 Å². The van der Waals surface area contributed by atoms with Crippen LogP contribution in [0.3, 0.4) is 0 Å². The first kappa shape index (κ1) is 14.8. The Balaban J connectivity index is 1.71. The molecule has 1 aromatic rings. The maximum absolute atomic E-state index is 11.6. The summed E-state index contributed by atoms with van der Waals surface area (Å²) < 4.78 is 0. The molecule has 3 amide bonds. The van der Waals surface area contributed by atoms with Gasteiger partial charge in [-0.3, -0.25) is 10.1 Å². The number of benzene rings is 1. The predicted octanol–water partition coefficient (Wildman–Crippen LogP) is 0.953. The van der Waals surface area contributed by atoms with Gasteiger partial charge < -0.3 is 10.6 Å². The standard InChI is InChI=1S/C14H18ClN3O2/c1-9(10-2-4-11(15)5-3-10)16-8-13(19)18-14(20)17-12-6-7-12/h2-5,9,12,16H,6-8H2,1H3,(H2,17,18,19,20)/p+1/t9-/m1/s1. The third-order valence-electron chi connectivity index (χ3n) is 3.22. The van der Waals surface area contributed by atoms with Crippen LogP contribution in [0.4, 0.5) is 4.79 Å². The fourth-order valence-corrected chi connectivity index (χ4v) is 1.94. The normalized spacial score (nSPS) is 15.5. The molecule has 0 aliphatic heterocycles. The highest BCUT2D eigenvalue weighted by Crippen LogP contribution is 2.18. The van der Waals surface area contributed by atoms with Gasteiger partial charge in [-0.25, -0.2) is 4.79 Å². The third-order valence-corrected chi connectivity index (χ3v) is 3.47. The van der Waals surface area contributed by atoms with E-state index in [1.165, 1.54) is 0 Å². The van der Waals surface area contributed by atoms with Crippen LogP contribution in [0, 0.1) is 0 Å². The number of quaternary nitrogens is 1. The van der Waals surface area contributed by atoms with Gasteiger partial charge in [-0.1, -0.05) is 23.7 Å². The molecule has 1 aliphatic rings. The molecule has 1 fully saturated rings. The largest absolute Gasteiger partial charge is 0.335 e. The molecule has 20 heavy (non-hydrogen) atoms. The van der Waals surface area contributed by atoms with Crippen molar-refractivity contribution in [2.75, 3.05) is 6.54 Å². The van der Waals surface area contributed by atoms with E-state index in [2.05, 4.69) is 10.6 Å². The molecular weight excluding hydrogens is 278 g/mol. The lowest BCUT2D eigenvalue weighted by Gasteiger charge is -2.11. The first-order valence-corrected chi connectivity index (χ1v) is 7.11. The van der Waals surface area contributed by atoms with Crippen LogP contribution < -0.4 is 16.0 Å². The molecule has 2 rings (SSSR count). The monoisotopic (exact) mass is 296 g/mol. The number of amides is 3. The molecule has 0 bridgehead atoms. The Morgan fingerprint density at radius 2 is 2.00 bits per heavy atom. The molecule has 0 saturated heterocycles. The molecule has 6 heteroatoms. The van der Waals surface area contributed by atoms with Gasteiger partial charge in [0.2, 0.25) is 0 Å². The van der Waals surface area contributed by atoms with E-state index in [9.17, 15) is 9.59 Å². The van der Waals surface area contributed by atoms with E-state index < -0.39 is 6.03 Å². The van der Waals surface area contributed by atoms with E-state index in [4.69, 9.17) is 11.6 Å². The van der Waals surface area contributed by atoms with Crippen LogP contribution in [-0.4, -0.2) is 24.5 Å². The average molecular weight is 297 g/mol. The van der Waals surface area contributed by atoms with Crippen molar-refractivity contribution in [3.8, 4) is 0 Å². The van der Waals surface area contributed by atoms with Gasteiger partial charge in [0.25, 0.3) is 5.91 Å². The minimum atomic E-state index is -0.398. The third kappa shape index (κ3) is 4.83. The van der Waals surface area contributed by atoms with E-state index in [0.29, 0.717) is 5.02 Å². The van der Waals surface area contributed by atoms with Crippen LogP contribution in [0.15, 0.2) is 24.3 Å². The summed E-state index contributed by atoms with van der Waals surface area (Å²) in [5.41, 5.74) is 1.09. The summed E-state index contributed by atoms with van der Waals surface area (Å²) in [7, 11) is 0. The molecule has 4 N–H and O–H groups in total. The lowest BCUT2D eigenvalue weighted by atomic mass is 10.1. The van der Waals surface area contributed by atoms with Crippen molar-refractivity contribution in [1.82, 2.24) is 10.6 Å². The minimum Gasteiger partial charge on any atom is -0.335 e. The summed E-state index contributed by atoms with van der Waals surface area (Å²) in [4.78, 5) is 23.0. The van der Waals surface area contributed by atoms with Crippen LogP contribution in [-0.2, 0) is 4.79 Å². The SMILES string of the molecule is C[C@@H]([NH2+]CC(=O)NC(=O)NC1CC1)c1ccc(Cl)cc1. The number of halogens is 1. The maximum Gasteiger partial charge on any atom is 0.321 e. The van der Waals surface area contributed by atoms with Crippen molar-refractivity contribution >= 4 is 23.5 Å². The zero-order valence-corrected chi connectivity index (χ0v) is 12.1. The fraction of sp³-hybridized carbons (Fsp3) is 0.429. The number of hydrogen-bond donors (Lipinski definition) is 3. The Kier molecular flexibility index (Phi) is 4.98. The van der Waals surface area contributed by atoms with Crippen LogP contribution in [0.5, 0.6) is 0 Å². The quantitative estimate of drug-likeness (QED) is 0.757. The zero-order chi connectivity index (χ0) is 14.5. The smallest absolute Gasteiger partial charge is 0.321 e. The van der Waals surface area contributed by atoms with Crippen molar-refractivity contribution in [3.05, 3.63) is 34.9 Å². The number of carbonyl (C=O) groups is 2. The summed E-state index contributed by atoms with van der Waals surface area (Å²) >= 11 is 5.83. The highest BCUT2D eigenvalue weighted by Gasteiger charge is 2.24. The Morgan fingerprint density at radius 3 is 2.60 bits per heavy atom. The number of rotatable bonds is 5. The van der Waals surface area contributed by atoms with Crippen LogP contribution in [0.1, 0.15) is 31.4 Å². The number of nitrogens with two attached hydrogens (primary N) is 1. The van der Waals surface area contributed by atoms with Gasteiger partial charge in [-0.2, -0.15) is 0 Å². The van der Waals surface area contributed by atoms with E-state index >= 15 is 0 Å². The van der Waals surface area contributed by atoms with Crippen molar-refractivity contribution in [2.24, 2.45) is 0 Å². The van der Waals surface area contributed by atoms with Gasteiger partial charge in [0.15, 0.2) is 6.54 Å². The molecule has 0 heterocycles. The lowest BCUT2D eigenvalue weighted by Crippen LogP contribution is -2.87. The van der Waals surface area contributed by atoms with Crippen molar-refractivity contribution in [2.45, 2.75) is 31.8 Å². The highest BCUT2D eigenvalue weighted by atomic mass is 35.5. The van der Waals surface area contributed by atoms with Crippen molar-refractivity contribution < 1.29 is 14.9 Å². The molecule has 0 spiro atoms. The Hall–Kier alpha value is -1.59. The fourth-order valence-electron chi connectivity index (χ4n) is 1.81. The second-order valence-corrected chi connectivity index (χ2v) is 5.51. The number of urea groups is 1. The first-order chi connectivity index (χ1) is 9.54. The van der Waals surface area contributed by atoms with Crippen LogP contribution in [0.25, 0.3) is 0 Å². The van der Waals surface area contributed by atoms with Gasteiger partial charge in [0, 0.05) is 16.6 Å². The topological polar surface area (TPSA) is 74.8 Å². The van der Waals surface area contributed by atoms with E-state index in [0.717, 1.165) is 18.4 Å². The zero-order valence-electron chi connectivity index (χ0n) is 11.4. The molecule has 0 aromatic heterocycles. The summed E-state index contributed by atoms with van der Waals surface area (Å²) in [6.07, 6.45) is 2.00. The number of imide groups is 1. The second-order valence-electron chi connectivity index (χ2n) is 5.08. The summed E-state index contributed by atoms with van der Waals surface area (Å²) in [5, 5.41) is 7.60. The molecule has 1 aliphatic carbocycles. The molecule has 1 atom stereocenters. The minimum absolute atomic E-state index is 0.129. The predicted molar refractivity (Wildman–Crippen MR) is 76.4 cm³/mol. The Bertz CT molecular complexity index is 486.